The van der Waals surface area contributed by atoms with Crippen LogP contribution in [-0.2, 0) is 28.8 Å². The summed E-state index contributed by atoms with van der Waals surface area (Å²) in [5.74, 6) is 2.17. The Labute approximate surface area is 201 Å². The summed E-state index contributed by atoms with van der Waals surface area (Å²) in [5.41, 5.74) is 9.19. The summed E-state index contributed by atoms with van der Waals surface area (Å²) in [5, 5.41) is 7.12. The summed E-state index contributed by atoms with van der Waals surface area (Å²) >= 11 is 0. The zero-order valence-corrected chi connectivity index (χ0v) is 19.8. The molecule has 5 N–H and O–H groups in total. The van der Waals surface area contributed by atoms with Gasteiger partial charge in [0, 0.05) is 19.5 Å². The number of benzene rings is 1. The minimum Gasteiger partial charge on any atom is -0.487 e. The lowest BCUT2D eigenvalue weighted by molar-refractivity contribution is -0.711. The number of nitrogens with zero attached hydrogens (tertiary/aromatic N) is 3. The molecule has 0 spiro atoms. The number of phosphoric ester groups is 1. The van der Waals surface area contributed by atoms with Gasteiger partial charge in [-0.1, -0.05) is 23.4 Å². The van der Waals surface area contributed by atoms with Crippen LogP contribution in [0.25, 0.3) is 11.3 Å². The van der Waals surface area contributed by atoms with Gasteiger partial charge >= 0.3 is 7.82 Å². The first kappa shape index (κ1) is 24.4. The van der Waals surface area contributed by atoms with Crippen LogP contribution < -0.4 is 20.4 Å². The van der Waals surface area contributed by atoms with Crippen molar-refractivity contribution in [1.82, 2.24) is 10.1 Å². The van der Waals surface area contributed by atoms with Crippen molar-refractivity contribution in [1.29, 1.82) is 0 Å². The van der Waals surface area contributed by atoms with Gasteiger partial charge in [-0.05, 0) is 42.0 Å². The molecule has 0 aliphatic rings. The van der Waals surface area contributed by atoms with Crippen LogP contribution >= 0.6 is 7.82 Å². The Morgan fingerprint density at radius 2 is 1.91 bits per heavy atom. The summed E-state index contributed by atoms with van der Waals surface area (Å²) < 4.78 is 28.1. The van der Waals surface area contributed by atoms with Crippen molar-refractivity contribution < 1.29 is 32.7 Å². The molecule has 0 aliphatic carbocycles. The van der Waals surface area contributed by atoms with E-state index in [0.29, 0.717) is 30.0 Å². The average Bonchev–Trinajstić information content (AvgIpc) is 3.30. The van der Waals surface area contributed by atoms with Crippen molar-refractivity contribution in [2.24, 2.45) is 0 Å². The number of hydrogen-bond acceptors (Lipinski definition) is 8. The third-order valence-corrected chi connectivity index (χ3v) is 5.51. The Kier molecular flexibility index (Phi) is 7.42. The molecule has 182 valence electrons. The van der Waals surface area contributed by atoms with Crippen LogP contribution in [0.1, 0.15) is 17.0 Å². The van der Waals surface area contributed by atoms with E-state index in [1.807, 2.05) is 49.5 Å². The largest absolute Gasteiger partial charge is 0.487 e. The number of hydrogen-bond donors (Lipinski definition) is 4. The smallest absolute Gasteiger partial charge is 0.472 e. The standard InChI is InChI=1S/C23H24N5O6P/c1-25-22-6-2-4-17(26-22)14-32-19-9-7-16(8-10-19)12-18-13-21(34-27-18)20-5-3-11-28(23(20)24)15-33-35(29,30)31/h2-11,13,24H,12,14-15H2,1H3,(H3,25,26,29,30,31)/p+1. The van der Waals surface area contributed by atoms with E-state index < -0.39 is 14.6 Å². The Morgan fingerprint density at radius 1 is 1.11 bits per heavy atom. The highest BCUT2D eigenvalue weighted by molar-refractivity contribution is 7.46. The molecular weight excluding hydrogens is 473 g/mol. The Bertz CT molecular complexity index is 1340. The first-order valence-corrected chi connectivity index (χ1v) is 12.1. The first-order valence-electron chi connectivity index (χ1n) is 10.6. The van der Waals surface area contributed by atoms with E-state index in [-0.39, 0.29) is 5.82 Å². The zero-order valence-electron chi connectivity index (χ0n) is 18.9. The number of phosphoric acid groups is 1. The van der Waals surface area contributed by atoms with E-state index in [1.165, 1.54) is 4.57 Å². The quantitative estimate of drug-likeness (QED) is 0.189. The molecule has 0 aliphatic heterocycles. The van der Waals surface area contributed by atoms with Crippen molar-refractivity contribution >= 4 is 19.5 Å². The molecule has 11 nitrogen and oxygen atoms in total. The van der Waals surface area contributed by atoms with E-state index in [0.717, 1.165) is 22.8 Å². The van der Waals surface area contributed by atoms with Gasteiger partial charge in [-0.25, -0.2) is 18.6 Å². The fourth-order valence-corrected chi connectivity index (χ4v) is 3.59. The minimum atomic E-state index is -4.63. The van der Waals surface area contributed by atoms with Crippen LogP contribution in [0.2, 0.25) is 0 Å². The SMILES string of the molecule is CNc1cccc(COc2ccc(Cc3cc(-c4ccc[n+](COP(=O)(O)O)c4N)on3)cc2)n1. The predicted molar refractivity (Wildman–Crippen MR) is 127 cm³/mol. The molecule has 0 amide bonds. The molecule has 0 saturated carbocycles. The Morgan fingerprint density at radius 3 is 2.66 bits per heavy atom. The maximum Gasteiger partial charge on any atom is 0.472 e. The molecule has 0 saturated heterocycles. The van der Waals surface area contributed by atoms with Gasteiger partial charge in [0.1, 0.15) is 23.7 Å². The highest BCUT2D eigenvalue weighted by Crippen LogP contribution is 2.35. The second-order valence-corrected chi connectivity index (χ2v) is 8.82. The van der Waals surface area contributed by atoms with E-state index in [4.69, 9.17) is 24.8 Å². The molecule has 35 heavy (non-hydrogen) atoms. The Hall–Kier alpha value is -3.76. The van der Waals surface area contributed by atoms with Gasteiger partial charge in [0.15, 0.2) is 5.76 Å². The molecule has 12 heteroatoms. The lowest BCUT2D eigenvalue weighted by Gasteiger charge is -2.08. The number of ether oxygens (including phenoxy) is 1. The highest BCUT2D eigenvalue weighted by Gasteiger charge is 2.20. The van der Waals surface area contributed by atoms with Gasteiger partial charge in [0.05, 0.1) is 17.6 Å². The zero-order chi connectivity index (χ0) is 24.8. The molecule has 3 aromatic heterocycles. The molecule has 4 rings (SSSR count). The van der Waals surface area contributed by atoms with Crippen molar-refractivity contribution in [3.05, 3.63) is 83.8 Å². The Balaban J connectivity index is 1.39. The number of nitrogens with two attached hydrogens (primary N) is 1. The summed E-state index contributed by atoms with van der Waals surface area (Å²) in [4.78, 5) is 22.3. The maximum absolute atomic E-state index is 11.0. The van der Waals surface area contributed by atoms with Crippen LogP contribution in [0.3, 0.4) is 0 Å². The summed E-state index contributed by atoms with van der Waals surface area (Å²) in [6.45, 7) is -0.0461. The third-order valence-electron chi connectivity index (χ3n) is 5.06. The number of aromatic nitrogens is 3. The fraction of sp³-hybridized carbons (Fsp3) is 0.174. The maximum atomic E-state index is 11.0. The number of pyridine rings is 2. The molecule has 0 atom stereocenters. The second-order valence-electron chi connectivity index (χ2n) is 7.58. The number of nitrogen functional groups attached to an aromatic ring is 1. The van der Waals surface area contributed by atoms with Gasteiger partial charge in [-0.15, -0.1) is 0 Å². The summed E-state index contributed by atoms with van der Waals surface area (Å²) in [7, 11) is -2.81. The molecule has 3 heterocycles. The number of rotatable bonds is 10. The van der Waals surface area contributed by atoms with E-state index in [9.17, 15) is 4.57 Å². The lowest BCUT2D eigenvalue weighted by atomic mass is 10.1. The molecule has 0 fully saturated rings. The van der Waals surface area contributed by atoms with Crippen LogP contribution in [0.5, 0.6) is 5.75 Å². The van der Waals surface area contributed by atoms with E-state index >= 15 is 0 Å². The molecule has 0 unspecified atom stereocenters. The van der Waals surface area contributed by atoms with Crippen molar-refractivity contribution in [2.45, 2.75) is 19.8 Å². The van der Waals surface area contributed by atoms with Crippen LogP contribution in [-0.4, -0.2) is 27.0 Å². The highest BCUT2D eigenvalue weighted by atomic mass is 31.2. The molecule has 0 bridgehead atoms. The second kappa shape index (κ2) is 10.7. The van der Waals surface area contributed by atoms with Crippen LogP contribution in [0.15, 0.2) is 71.4 Å². The molecule has 1 aromatic carbocycles. The monoisotopic (exact) mass is 498 g/mol. The van der Waals surface area contributed by atoms with Gasteiger partial charge in [-0.3, -0.25) is 5.73 Å². The average molecular weight is 498 g/mol. The first-order chi connectivity index (χ1) is 16.8. The lowest BCUT2D eigenvalue weighted by Crippen LogP contribution is -2.38. The van der Waals surface area contributed by atoms with E-state index in [1.54, 1.807) is 24.4 Å². The number of anilines is 2. The topological polar surface area (TPSA) is 157 Å². The molecule has 4 aromatic rings. The third kappa shape index (κ3) is 6.65. The fourth-order valence-electron chi connectivity index (χ4n) is 3.31. The van der Waals surface area contributed by atoms with Crippen LogP contribution in [0, 0.1) is 0 Å². The van der Waals surface area contributed by atoms with Crippen molar-refractivity contribution in [3.63, 3.8) is 0 Å². The predicted octanol–water partition coefficient (Wildman–Crippen LogP) is 2.88. The van der Waals surface area contributed by atoms with Gasteiger partial charge in [0.25, 0.3) is 5.82 Å². The van der Waals surface area contributed by atoms with Gasteiger partial charge in [-0.2, -0.15) is 0 Å². The van der Waals surface area contributed by atoms with E-state index in [2.05, 4.69) is 20.0 Å². The minimum absolute atomic E-state index is 0.222. The molecule has 0 radical (unpaired) electrons. The number of nitrogens with one attached hydrogen (secondary N) is 1. The van der Waals surface area contributed by atoms with Crippen LogP contribution in [0.4, 0.5) is 11.6 Å². The van der Waals surface area contributed by atoms with Crippen molar-refractivity contribution in [2.75, 3.05) is 18.1 Å². The van der Waals surface area contributed by atoms with Gasteiger partial charge < -0.3 is 24.4 Å². The van der Waals surface area contributed by atoms with Gasteiger partial charge in [0.2, 0.25) is 6.73 Å². The summed E-state index contributed by atoms with van der Waals surface area (Å²) in [6, 6.07) is 18.5. The summed E-state index contributed by atoms with van der Waals surface area (Å²) in [6.07, 6.45) is 2.08. The van der Waals surface area contributed by atoms with Crippen molar-refractivity contribution in [3.8, 4) is 17.1 Å². The normalized spacial score (nSPS) is 11.4. The molecular formula is C23H25N5O6P+.